The van der Waals surface area contributed by atoms with Crippen LogP contribution in [0.1, 0.15) is 18.6 Å². The van der Waals surface area contributed by atoms with Crippen molar-refractivity contribution in [3.63, 3.8) is 0 Å². The first kappa shape index (κ1) is 15.4. The Hall–Kier alpha value is -1.53. The molecule has 0 radical (unpaired) electrons. The van der Waals surface area contributed by atoms with E-state index in [9.17, 15) is 4.79 Å². The largest absolute Gasteiger partial charge is 0.468 e. The Morgan fingerprint density at radius 2 is 2.18 bits per heavy atom. The van der Waals surface area contributed by atoms with Crippen LogP contribution in [0, 0.1) is 5.92 Å². The van der Waals surface area contributed by atoms with Crippen molar-refractivity contribution >= 4 is 6.03 Å². The van der Waals surface area contributed by atoms with E-state index in [2.05, 4.69) is 10.2 Å². The third kappa shape index (κ3) is 4.24. The predicted molar refractivity (Wildman–Crippen MR) is 82.5 cm³/mol. The molecule has 2 fully saturated rings. The summed E-state index contributed by atoms with van der Waals surface area (Å²) in [5, 5.41) is 3.08. The van der Waals surface area contributed by atoms with Gasteiger partial charge in [0.1, 0.15) is 5.76 Å². The van der Waals surface area contributed by atoms with Gasteiger partial charge in [-0.05, 0) is 37.4 Å². The smallest absolute Gasteiger partial charge is 0.317 e. The number of furan rings is 1. The molecule has 122 valence electrons. The molecule has 2 aliphatic rings. The highest BCUT2D eigenvalue weighted by Crippen LogP contribution is 2.18. The van der Waals surface area contributed by atoms with Crippen LogP contribution in [0.25, 0.3) is 0 Å². The normalized spacial score (nSPS) is 23.5. The zero-order valence-electron chi connectivity index (χ0n) is 13.0. The van der Waals surface area contributed by atoms with Crippen LogP contribution < -0.4 is 5.32 Å². The molecule has 0 unspecified atom stereocenters. The van der Waals surface area contributed by atoms with Gasteiger partial charge in [0.2, 0.25) is 0 Å². The van der Waals surface area contributed by atoms with Gasteiger partial charge in [-0.2, -0.15) is 0 Å². The number of nitrogens with one attached hydrogen (secondary N) is 1. The number of ether oxygens (including phenoxy) is 1. The number of hydrogen-bond donors (Lipinski definition) is 1. The Bertz CT molecular complexity index is 457. The number of rotatable bonds is 4. The summed E-state index contributed by atoms with van der Waals surface area (Å²) in [7, 11) is 0. The number of carbonyl (C=O) groups is 1. The second kappa shape index (κ2) is 7.65. The van der Waals surface area contributed by atoms with E-state index in [1.54, 1.807) is 6.26 Å². The first-order valence-corrected chi connectivity index (χ1v) is 8.16. The van der Waals surface area contributed by atoms with E-state index in [0.29, 0.717) is 32.2 Å². The van der Waals surface area contributed by atoms with Crippen LogP contribution in [-0.4, -0.2) is 61.8 Å². The van der Waals surface area contributed by atoms with E-state index >= 15 is 0 Å². The second-order valence-corrected chi connectivity index (χ2v) is 6.11. The van der Waals surface area contributed by atoms with Crippen LogP contribution in [0.3, 0.4) is 0 Å². The van der Waals surface area contributed by atoms with Crippen LogP contribution in [0.2, 0.25) is 0 Å². The molecule has 0 saturated carbocycles. The quantitative estimate of drug-likeness (QED) is 0.916. The summed E-state index contributed by atoms with van der Waals surface area (Å²) in [6.45, 7) is 6.42. The van der Waals surface area contributed by atoms with Crippen molar-refractivity contribution in [2.24, 2.45) is 5.92 Å². The lowest BCUT2D eigenvalue weighted by atomic mass is 9.98. The first-order valence-electron chi connectivity index (χ1n) is 8.16. The van der Waals surface area contributed by atoms with Gasteiger partial charge >= 0.3 is 6.03 Å². The van der Waals surface area contributed by atoms with Crippen molar-refractivity contribution in [2.45, 2.75) is 19.4 Å². The number of piperidine rings is 1. The molecule has 0 aromatic carbocycles. The van der Waals surface area contributed by atoms with Crippen molar-refractivity contribution in [1.82, 2.24) is 15.1 Å². The maximum Gasteiger partial charge on any atom is 0.317 e. The second-order valence-electron chi connectivity index (χ2n) is 6.11. The average molecular weight is 307 g/mol. The molecule has 0 spiro atoms. The zero-order valence-corrected chi connectivity index (χ0v) is 13.0. The standard InChI is InChI=1S/C16H25N3O3/c20-16(19-6-9-21-10-7-19)17-11-14-3-1-5-18(12-14)13-15-4-2-8-22-15/h2,4,8,14H,1,3,5-7,9-13H2,(H,17,20)/t14-/m1/s1. The topological polar surface area (TPSA) is 58.0 Å². The van der Waals surface area contributed by atoms with Crippen molar-refractivity contribution in [3.05, 3.63) is 24.2 Å². The molecule has 2 aliphatic heterocycles. The zero-order chi connectivity index (χ0) is 15.2. The average Bonchev–Trinajstić information content (AvgIpc) is 3.07. The van der Waals surface area contributed by atoms with Gasteiger partial charge in [0.15, 0.2) is 0 Å². The minimum atomic E-state index is 0.0476. The molecule has 0 bridgehead atoms. The maximum atomic E-state index is 12.1. The van der Waals surface area contributed by atoms with E-state index in [4.69, 9.17) is 9.15 Å². The summed E-state index contributed by atoms with van der Waals surface area (Å²) in [5.74, 6) is 1.53. The lowest BCUT2D eigenvalue weighted by Gasteiger charge is -2.33. The fraction of sp³-hybridized carbons (Fsp3) is 0.688. The molecule has 2 amide bonds. The highest BCUT2D eigenvalue weighted by molar-refractivity contribution is 5.74. The van der Waals surface area contributed by atoms with E-state index < -0.39 is 0 Å². The van der Waals surface area contributed by atoms with Gasteiger partial charge < -0.3 is 19.4 Å². The summed E-state index contributed by atoms with van der Waals surface area (Å²) in [6.07, 6.45) is 4.08. The number of hydrogen-bond acceptors (Lipinski definition) is 4. The van der Waals surface area contributed by atoms with Crippen LogP contribution >= 0.6 is 0 Å². The van der Waals surface area contributed by atoms with Gasteiger partial charge in [0.05, 0.1) is 26.0 Å². The summed E-state index contributed by atoms with van der Waals surface area (Å²) in [6, 6.07) is 4.00. The third-order valence-electron chi connectivity index (χ3n) is 4.40. The fourth-order valence-corrected chi connectivity index (χ4v) is 3.19. The Morgan fingerprint density at radius 3 is 2.95 bits per heavy atom. The molecule has 3 heterocycles. The number of amides is 2. The van der Waals surface area contributed by atoms with Crippen molar-refractivity contribution < 1.29 is 13.9 Å². The Labute approximate surface area is 131 Å². The SMILES string of the molecule is O=C(NC[C@H]1CCCN(Cc2ccco2)C1)N1CCOCC1. The van der Waals surface area contributed by atoms with Gasteiger partial charge in [-0.3, -0.25) is 4.90 Å². The van der Waals surface area contributed by atoms with Crippen LogP contribution in [0.5, 0.6) is 0 Å². The monoisotopic (exact) mass is 307 g/mol. The molecule has 0 aliphatic carbocycles. The number of likely N-dealkylation sites (tertiary alicyclic amines) is 1. The molecule has 3 rings (SSSR count). The summed E-state index contributed by atoms with van der Waals surface area (Å²) in [4.78, 5) is 16.4. The minimum Gasteiger partial charge on any atom is -0.468 e. The summed E-state index contributed by atoms with van der Waals surface area (Å²) < 4.78 is 10.7. The van der Waals surface area contributed by atoms with Crippen molar-refractivity contribution in [2.75, 3.05) is 45.9 Å². The van der Waals surface area contributed by atoms with Crippen LogP contribution in [-0.2, 0) is 11.3 Å². The molecule has 1 N–H and O–H groups in total. The van der Waals surface area contributed by atoms with Crippen molar-refractivity contribution in [1.29, 1.82) is 0 Å². The third-order valence-corrected chi connectivity index (χ3v) is 4.40. The Balaban J connectivity index is 1.41. The minimum absolute atomic E-state index is 0.0476. The predicted octanol–water partition coefficient (Wildman–Crippen LogP) is 1.53. The summed E-state index contributed by atoms with van der Waals surface area (Å²) in [5.41, 5.74) is 0. The number of nitrogens with zero attached hydrogens (tertiary/aromatic N) is 2. The fourth-order valence-electron chi connectivity index (χ4n) is 3.19. The molecular weight excluding hydrogens is 282 g/mol. The number of carbonyl (C=O) groups excluding carboxylic acids is 1. The Kier molecular flexibility index (Phi) is 5.34. The molecule has 1 aromatic rings. The summed E-state index contributed by atoms with van der Waals surface area (Å²) >= 11 is 0. The van der Waals surface area contributed by atoms with Gasteiger partial charge in [0.25, 0.3) is 0 Å². The number of morpholine rings is 1. The lowest BCUT2D eigenvalue weighted by molar-refractivity contribution is 0.0525. The lowest BCUT2D eigenvalue weighted by Crippen LogP contribution is -2.48. The van der Waals surface area contributed by atoms with E-state index in [1.165, 1.54) is 12.8 Å². The molecule has 6 nitrogen and oxygen atoms in total. The van der Waals surface area contributed by atoms with Gasteiger partial charge in [-0.1, -0.05) is 0 Å². The molecule has 22 heavy (non-hydrogen) atoms. The van der Waals surface area contributed by atoms with E-state index in [-0.39, 0.29) is 6.03 Å². The molecule has 2 saturated heterocycles. The first-order chi connectivity index (χ1) is 10.8. The Morgan fingerprint density at radius 1 is 1.32 bits per heavy atom. The van der Waals surface area contributed by atoms with Gasteiger partial charge in [0, 0.05) is 26.2 Å². The van der Waals surface area contributed by atoms with Crippen LogP contribution in [0.15, 0.2) is 22.8 Å². The highest BCUT2D eigenvalue weighted by Gasteiger charge is 2.22. The highest BCUT2D eigenvalue weighted by atomic mass is 16.5. The number of urea groups is 1. The van der Waals surface area contributed by atoms with Crippen LogP contribution in [0.4, 0.5) is 4.79 Å². The van der Waals surface area contributed by atoms with Crippen molar-refractivity contribution in [3.8, 4) is 0 Å². The van der Waals surface area contributed by atoms with Gasteiger partial charge in [-0.25, -0.2) is 4.79 Å². The molecule has 1 aromatic heterocycles. The van der Waals surface area contributed by atoms with Gasteiger partial charge in [-0.15, -0.1) is 0 Å². The van der Waals surface area contributed by atoms with E-state index in [1.807, 2.05) is 17.0 Å². The maximum absolute atomic E-state index is 12.1. The van der Waals surface area contributed by atoms with E-state index in [0.717, 1.165) is 31.9 Å². The molecule has 1 atom stereocenters. The molecule has 6 heteroatoms. The molecular formula is C16H25N3O3.